The molecule has 0 spiro atoms. The second kappa shape index (κ2) is 4.43. The molecule has 16 heavy (non-hydrogen) atoms. The zero-order chi connectivity index (χ0) is 11.8. The molecule has 1 saturated carbocycles. The average Bonchev–Trinajstić information content (AvgIpc) is 2.63. The van der Waals surface area contributed by atoms with Crippen LogP contribution in [-0.2, 0) is 11.3 Å². The lowest BCUT2D eigenvalue weighted by Crippen LogP contribution is -2.60. The third-order valence-electron chi connectivity index (χ3n) is 3.63. The number of aryl methyl sites for hydroxylation is 1. The molecular formula is C12H20N2OS. The standard InChI is InChI=1S/C12H20N2OS/c1-8-7-16-11(14-8)6-13-9-5-10(15-4)12(9,2)3/h7,9-10,13H,5-6H2,1-4H3. The van der Waals surface area contributed by atoms with Crippen LogP contribution in [0, 0.1) is 12.3 Å². The highest BCUT2D eigenvalue weighted by Gasteiger charge is 2.48. The van der Waals surface area contributed by atoms with E-state index in [1.807, 2.05) is 6.92 Å². The number of thiazole rings is 1. The first-order chi connectivity index (χ1) is 7.54. The lowest BCUT2D eigenvalue weighted by atomic mass is 9.64. The highest BCUT2D eigenvalue weighted by Crippen LogP contribution is 2.42. The molecule has 0 aliphatic heterocycles. The van der Waals surface area contributed by atoms with Crippen molar-refractivity contribution in [2.24, 2.45) is 5.41 Å². The lowest BCUT2D eigenvalue weighted by molar-refractivity contribution is -0.0979. The summed E-state index contributed by atoms with van der Waals surface area (Å²) in [4.78, 5) is 4.45. The van der Waals surface area contributed by atoms with E-state index in [4.69, 9.17) is 4.74 Å². The first-order valence-electron chi connectivity index (χ1n) is 5.71. The van der Waals surface area contributed by atoms with E-state index in [2.05, 4.69) is 29.5 Å². The smallest absolute Gasteiger partial charge is 0.107 e. The molecule has 1 fully saturated rings. The Morgan fingerprint density at radius 3 is 2.88 bits per heavy atom. The van der Waals surface area contributed by atoms with Crippen LogP contribution in [0.1, 0.15) is 31.0 Å². The molecule has 1 heterocycles. The van der Waals surface area contributed by atoms with E-state index in [1.54, 1.807) is 18.4 Å². The van der Waals surface area contributed by atoms with Crippen LogP contribution in [-0.4, -0.2) is 24.2 Å². The average molecular weight is 240 g/mol. The molecule has 0 saturated heterocycles. The molecule has 0 amide bonds. The Morgan fingerprint density at radius 1 is 1.62 bits per heavy atom. The van der Waals surface area contributed by atoms with Crippen molar-refractivity contribution in [3.63, 3.8) is 0 Å². The maximum atomic E-state index is 5.43. The topological polar surface area (TPSA) is 34.1 Å². The molecule has 1 aromatic rings. The summed E-state index contributed by atoms with van der Waals surface area (Å²) in [6.45, 7) is 7.43. The van der Waals surface area contributed by atoms with Crippen LogP contribution in [0.15, 0.2) is 5.38 Å². The summed E-state index contributed by atoms with van der Waals surface area (Å²) in [6, 6.07) is 0.543. The Labute approximate surface area is 101 Å². The highest BCUT2D eigenvalue weighted by atomic mass is 32.1. The van der Waals surface area contributed by atoms with Crippen LogP contribution in [0.25, 0.3) is 0 Å². The number of ether oxygens (including phenoxy) is 1. The molecule has 2 rings (SSSR count). The minimum atomic E-state index is 0.237. The third-order valence-corrected chi connectivity index (χ3v) is 4.60. The second-order valence-corrected chi connectivity index (χ2v) is 6.04. The molecule has 0 radical (unpaired) electrons. The summed E-state index contributed by atoms with van der Waals surface area (Å²) < 4.78 is 5.43. The second-order valence-electron chi connectivity index (χ2n) is 5.10. The molecule has 1 N–H and O–H groups in total. The number of nitrogens with one attached hydrogen (secondary N) is 1. The Bertz CT molecular complexity index is 362. The maximum absolute atomic E-state index is 5.43. The van der Waals surface area contributed by atoms with Gasteiger partial charge in [-0.2, -0.15) is 0 Å². The molecule has 2 atom stereocenters. The van der Waals surface area contributed by atoms with Gasteiger partial charge in [0.25, 0.3) is 0 Å². The zero-order valence-corrected chi connectivity index (χ0v) is 11.2. The normalized spacial score (nSPS) is 27.8. The van der Waals surface area contributed by atoms with Crippen molar-refractivity contribution in [1.29, 1.82) is 0 Å². The van der Waals surface area contributed by atoms with Crippen LogP contribution in [0.2, 0.25) is 0 Å². The van der Waals surface area contributed by atoms with Gasteiger partial charge in [0.05, 0.1) is 6.10 Å². The fourth-order valence-electron chi connectivity index (χ4n) is 2.33. The van der Waals surface area contributed by atoms with Gasteiger partial charge in [-0.15, -0.1) is 11.3 Å². The molecule has 3 nitrogen and oxygen atoms in total. The molecule has 0 bridgehead atoms. The lowest BCUT2D eigenvalue weighted by Gasteiger charge is -2.51. The van der Waals surface area contributed by atoms with Gasteiger partial charge in [0.2, 0.25) is 0 Å². The van der Waals surface area contributed by atoms with E-state index in [0.717, 1.165) is 18.7 Å². The number of aromatic nitrogens is 1. The van der Waals surface area contributed by atoms with Gasteiger partial charge in [-0.3, -0.25) is 0 Å². The minimum absolute atomic E-state index is 0.237. The number of methoxy groups -OCH3 is 1. The van der Waals surface area contributed by atoms with Gasteiger partial charge >= 0.3 is 0 Å². The van der Waals surface area contributed by atoms with Gasteiger partial charge in [0.15, 0.2) is 0 Å². The van der Waals surface area contributed by atoms with Gasteiger partial charge < -0.3 is 10.1 Å². The molecule has 4 heteroatoms. The number of rotatable bonds is 4. The van der Waals surface area contributed by atoms with Crippen molar-refractivity contribution in [1.82, 2.24) is 10.3 Å². The predicted molar refractivity (Wildman–Crippen MR) is 66.7 cm³/mol. The van der Waals surface area contributed by atoms with Crippen LogP contribution >= 0.6 is 11.3 Å². The monoisotopic (exact) mass is 240 g/mol. The Morgan fingerprint density at radius 2 is 2.38 bits per heavy atom. The largest absolute Gasteiger partial charge is 0.381 e. The Kier molecular flexibility index (Phi) is 3.33. The van der Waals surface area contributed by atoms with Crippen LogP contribution in [0.5, 0.6) is 0 Å². The van der Waals surface area contributed by atoms with E-state index in [9.17, 15) is 0 Å². The fraction of sp³-hybridized carbons (Fsp3) is 0.750. The fourth-order valence-corrected chi connectivity index (χ4v) is 3.05. The SMILES string of the molecule is COC1CC(NCc2nc(C)cs2)C1(C)C. The first-order valence-corrected chi connectivity index (χ1v) is 6.59. The zero-order valence-electron chi connectivity index (χ0n) is 10.4. The molecule has 2 unspecified atom stereocenters. The molecule has 90 valence electrons. The van der Waals surface area contributed by atoms with E-state index in [-0.39, 0.29) is 5.41 Å². The molecule has 1 aliphatic rings. The number of nitrogens with zero attached hydrogens (tertiary/aromatic N) is 1. The summed E-state index contributed by atoms with van der Waals surface area (Å²) in [7, 11) is 1.80. The van der Waals surface area contributed by atoms with Gasteiger partial charge in [0.1, 0.15) is 5.01 Å². The van der Waals surface area contributed by atoms with E-state index < -0.39 is 0 Å². The third kappa shape index (κ3) is 2.14. The summed E-state index contributed by atoms with van der Waals surface area (Å²) >= 11 is 1.73. The highest BCUT2D eigenvalue weighted by molar-refractivity contribution is 7.09. The Balaban J connectivity index is 1.84. The summed E-state index contributed by atoms with van der Waals surface area (Å²) in [5.41, 5.74) is 1.35. The molecular weight excluding hydrogens is 220 g/mol. The molecule has 0 aromatic carbocycles. The van der Waals surface area contributed by atoms with E-state index >= 15 is 0 Å². The van der Waals surface area contributed by atoms with Crippen LogP contribution in [0.3, 0.4) is 0 Å². The minimum Gasteiger partial charge on any atom is -0.381 e. The summed E-state index contributed by atoms with van der Waals surface area (Å²) in [6.07, 6.45) is 1.50. The number of hydrogen-bond acceptors (Lipinski definition) is 4. The van der Waals surface area contributed by atoms with Crippen molar-refractivity contribution in [2.75, 3.05) is 7.11 Å². The predicted octanol–water partition coefficient (Wildman–Crippen LogP) is 2.35. The van der Waals surface area contributed by atoms with Crippen molar-refractivity contribution in [3.8, 4) is 0 Å². The van der Waals surface area contributed by atoms with E-state index in [0.29, 0.717) is 12.1 Å². The van der Waals surface area contributed by atoms with Crippen molar-refractivity contribution < 1.29 is 4.74 Å². The summed E-state index contributed by atoms with van der Waals surface area (Å²) in [5, 5.41) is 6.84. The summed E-state index contributed by atoms with van der Waals surface area (Å²) in [5.74, 6) is 0. The van der Waals surface area contributed by atoms with Crippen LogP contribution < -0.4 is 5.32 Å². The quantitative estimate of drug-likeness (QED) is 0.877. The maximum Gasteiger partial charge on any atom is 0.107 e. The van der Waals surface area contributed by atoms with Crippen LogP contribution in [0.4, 0.5) is 0 Å². The number of hydrogen-bond donors (Lipinski definition) is 1. The molecule has 1 aromatic heterocycles. The molecule has 1 aliphatic carbocycles. The Hall–Kier alpha value is -0.450. The van der Waals surface area contributed by atoms with E-state index in [1.165, 1.54) is 5.01 Å². The van der Waals surface area contributed by atoms with Gasteiger partial charge in [-0.25, -0.2) is 4.98 Å². The van der Waals surface area contributed by atoms with Gasteiger partial charge in [-0.05, 0) is 13.3 Å². The van der Waals surface area contributed by atoms with Gasteiger partial charge in [-0.1, -0.05) is 13.8 Å². The van der Waals surface area contributed by atoms with Crippen molar-refractivity contribution >= 4 is 11.3 Å². The first kappa shape index (κ1) is 12.0. The van der Waals surface area contributed by atoms with Crippen molar-refractivity contribution in [2.45, 2.75) is 45.9 Å². The van der Waals surface area contributed by atoms with Crippen molar-refractivity contribution in [3.05, 3.63) is 16.1 Å². The van der Waals surface area contributed by atoms with Gasteiger partial charge in [0, 0.05) is 36.2 Å².